The number of halogens is 6. The van der Waals surface area contributed by atoms with E-state index in [4.69, 9.17) is 4.74 Å². The van der Waals surface area contributed by atoms with Crippen molar-refractivity contribution < 1.29 is 31.1 Å². The molecule has 26 heavy (non-hydrogen) atoms. The molecule has 0 fully saturated rings. The maximum absolute atomic E-state index is 13.4. The standard InChI is InChI=1S/C14H12F6N4O2/c15-13(16,17)1-2-23-6-8(5-21-23)10-11(14(18,19)20)22-9-7-26-4-3-24(9)12(10)25/h5-6H,1-4,7H2. The Kier molecular flexibility index (Phi) is 4.54. The quantitative estimate of drug-likeness (QED) is 0.766. The summed E-state index contributed by atoms with van der Waals surface area (Å²) in [7, 11) is 0. The van der Waals surface area contributed by atoms with Gasteiger partial charge in [-0.3, -0.25) is 14.0 Å². The maximum Gasteiger partial charge on any atom is 0.434 e. The Balaban J connectivity index is 2.07. The van der Waals surface area contributed by atoms with E-state index in [0.29, 0.717) is 0 Å². The van der Waals surface area contributed by atoms with E-state index >= 15 is 0 Å². The van der Waals surface area contributed by atoms with E-state index in [0.717, 1.165) is 21.6 Å². The van der Waals surface area contributed by atoms with E-state index in [1.807, 2.05) is 0 Å². The molecule has 2 aromatic rings. The van der Waals surface area contributed by atoms with Crippen molar-refractivity contribution in [1.29, 1.82) is 0 Å². The van der Waals surface area contributed by atoms with Crippen LogP contribution in [0.3, 0.4) is 0 Å². The highest BCUT2D eigenvalue weighted by Gasteiger charge is 2.39. The van der Waals surface area contributed by atoms with Crippen molar-refractivity contribution in [2.75, 3.05) is 6.61 Å². The summed E-state index contributed by atoms with van der Waals surface area (Å²) in [5.41, 5.74) is -3.31. The molecular weight excluding hydrogens is 370 g/mol. The molecule has 0 radical (unpaired) electrons. The molecule has 2 aromatic heterocycles. The molecule has 3 rings (SSSR count). The van der Waals surface area contributed by atoms with Gasteiger partial charge in [0.2, 0.25) is 0 Å². The van der Waals surface area contributed by atoms with Crippen LogP contribution >= 0.6 is 0 Å². The normalized spacial score (nSPS) is 15.2. The van der Waals surface area contributed by atoms with Crippen molar-refractivity contribution in [2.24, 2.45) is 0 Å². The van der Waals surface area contributed by atoms with E-state index < -0.39 is 42.1 Å². The highest BCUT2D eigenvalue weighted by molar-refractivity contribution is 5.64. The molecule has 142 valence electrons. The maximum atomic E-state index is 13.4. The summed E-state index contributed by atoms with van der Waals surface area (Å²) in [6.07, 6.45) is -8.65. The van der Waals surface area contributed by atoms with Gasteiger partial charge >= 0.3 is 12.4 Å². The topological polar surface area (TPSA) is 61.9 Å². The minimum atomic E-state index is -4.92. The Labute approximate surface area is 142 Å². The fourth-order valence-corrected chi connectivity index (χ4v) is 2.58. The van der Waals surface area contributed by atoms with Gasteiger partial charge < -0.3 is 4.74 Å². The number of aryl methyl sites for hydroxylation is 1. The summed E-state index contributed by atoms with van der Waals surface area (Å²) in [5, 5.41) is 3.62. The van der Waals surface area contributed by atoms with Gasteiger partial charge in [-0.2, -0.15) is 31.4 Å². The van der Waals surface area contributed by atoms with Crippen molar-refractivity contribution in [2.45, 2.75) is 38.5 Å². The monoisotopic (exact) mass is 382 g/mol. The molecule has 0 bridgehead atoms. The van der Waals surface area contributed by atoms with Gasteiger partial charge in [0, 0.05) is 18.3 Å². The molecule has 0 saturated carbocycles. The van der Waals surface area contributed by atoms with Gasteiger partial charge in [0.25, 0.3) is 5.56 Å². The molecule has 1 aliphatic heterocycles. The lowest BCUT2D eigenvalue weighted by molar-refractivity contribution is -0.141. The molecule has 0 atom stereocenters. The largest absolute Gasteiger partial charge is 0.434 e. The van der Waals surface area contributed by atoms with Crippen molar-refractivity contribution in [3.63, 3.8) is 0 Å². The van der Waals surface area contributed by atoms with E-state index in [2.05, 4.69) is 10.1 Å². The van der Waals surface area contributed by atoms with E-state index in [1.165, 1.54) is 0 Å². The molecule has 0 aliphatic carbocycles. The van der Waals surface area contributed by atoms with E-state index in [1.54, 1.807) is 0 Å². The summed E-state index contributed by atoms with van der Waals surface area (Å²) in [6.45, 7) is -0.624. The second-order valence-electron chi connectivity index (χ2n) is 5.62. The van der Waals surface area contributed by atoms with Gasteiger partial charge in [-0.25, -0.2) is 4.98 Å². The zero-order valence-corrected chi connectivity index (χ0v) is 13.1. The summed E-state index contributed by atoms with van der Waals surface area (Å²) in [5.74, 6) is -0.151. The smallest absolute Gasteiger partial charge is 0.372 e. The summed E-state index contributed by atoms with van der Waals surface area (Å²) in [4.78, 5) is 16.1. The zero-order chi connectivity index (χ0) is 19.1. The van der Waals surface area contributed by atoms with Crippen molar-refractivity contribution in [3.8, 4) is 11.1 Å². The van der Waals surface area contributed by atoms with E-state index in [9.17, 15) is 31.1 Å². The summed E-state index contributed by atoms with van der Waals surface area (Å²) < 4.78 is 83.9. The third kappa shape index (κ3) is 3.74. The van der Waals surface area contributed by atoms with Crippen LogP contribution in [0.5, 0.6) is 0 Å². The minimum Gasteiger partial charge on any atom is -0.372 e. The fourth-order valence-electron chi connectivity index (χ4n) is 2.58. The predicted molar refractivity (Wildman–Crippen MR) is 75.0 cm³/mol. The Bertz CT molecular complexity index is 868. The van der Waals surface area contributed by atoms with Crippen molar-refractivity contribution in [1.82, 2.24) is 19.3 Å². The lowest BCUT2D eigenvalue weighted by atomic mass is 10.1. The lowest BCUT2D eigenvalue weighted by Crippen LogP contribution is -2.34. The van der Waals surface area contributed by atoms with Crippen LogP contribution in [0, 0.1) is 0 Å². The van der Waals surface area contributed by atoms with Crippen LogP contribution in [-0.2, 0) is 30.6 Å². The van der Waals surface area contributed by atoms with Crippen LogP contribution in [0.2, 0.25) is 0 Å². The molecule has 0 amide bonds. The average molecular weight is 382 g/mol. The van der Waals surface area contributed by atoms with Gasteiger partial charge in [-0.05, 0) is 0 Å². The molecule has 6 nitrogen and oxygen atoms in total. The van der Waals surface area contributed by atoms with Crippen LogP contribution in [0.1, 0.15) is 17.9 Å². The highest BCUT2D eigenvalue weighted by atomic mass is 19.4. The fraction of sp³-hybridized carbons (Fsp3) is 0.500. The van der Waals surface area contributed by atoms with Crippen LogP contribution in [0.15, 0.2) is 17.2 Å². The van der Waals surface area contributed by atoms with Gasteiger partial charge in [-0.1, -0.05) is 0 Å². The molecule has 12 heteroatoms. The van der Waals surface area contributed by atoms with Gasteiger partial charge in [0.05, 0.1) is 31.3 Å². The molecule has 0 spiro atoms. The van der Waals surface area contributed by atoms with Gasteiger partial charge in [-0.15, -0.1) is 0 Å². The summed E-state index contributed by atoms with van der Waals surface area (Å²) in [6, 6.07) is 0. The number of alkyl halides is 6. The molecule has 0 unspecified atom stereocenters. The number of fused-ring (bicyclic) bond motifs is 1. The van der Waals surface area contributed by atoms with Crippen LogP contribution in [0.25, 0.3) is 11.1 Å². The van der Waals surface area contributed by atoms with Gasteiger partial charge in [0.15, 0.2) is 5.69 Å². The first-order chi connectivity index (χ1) is 12.1. The minimum absolute atomic E-state index is 0.0362. The first kappa shape index (κ1) is 18.4. The third-order valence-corrected chi connectivity index (χ3v) is 3.75. The number of rotatable bonds is 3. The third-order valence-electron chi connectivity index (χ3n) is 3.75. The Morgan fingerprint density at radius 2 is 1.92 bits per heavy atom. The molecule has 0 N–H and O–H groups in total. The number of nitrogens with zero attached hydrogens (tertiary/aromatic N) is 4. The van der Waals surface area contributed by atoms with Crippen molar-refractivity contribution in [3.05, 3.63) is 34.3 Å². The Morgan fingerprint density at radius 1 is 1.19 bits per heavy atom. The molecular formula is C14H12F6N4O2. The van der Waals surface area contributed by atoms with Crippen molar-refractivity contribution >= 4 is 0 Å². The number of aromatic nitrogens is 4. The number of hydrogen-bond donors (Lipinski definition) is 0. The number of hydrogen-bond acceptors (Lipinski definition) is 4. The molecule has 0 saturated heterocycles. The molecule has 0 aromatic carbocycles. The van der Waals surface area contributed by atoms with Crippen LogP contribution in [0.4, 0.5) is 26.3 Å². The van der Waals surface area contributed by atoms with Crippen LogP contribution < -0.4 is 5.56 Å². The Morgan fingerprint density at radius 3 is 2.58 bits per heavy atom. The number of ether oxygens (including phenoxy) is 1. The Hall–Kier alpha value is -2.37. The summed E-state index contributed by atoms with van der Waals surface area (Å²) >= 11 is 0. The lowest BCUT2D eigenvalue weighted by Gasteiger charge is -2.21. The van der Waals surface area contributed by atoms with E-state index in [-0.39, 0.29) is 31.1 Å². The predicted octanol–water partition coefficient (Wildman–Crippen LogP) is 2.61. The SMILES string of the molecule is O=c1c(-c2cnn(CCC(F)(F)F)c2)c(C(F)(F)F)nc2n1CCOC2. The van der Waals surface area contributed by atoms with Gasteiger partial charge in [0.1, 0.15) is 12.4 Å². The average Bonchev–Trinajstić information content (AvgIpc) is 3.00. The molecule has 1 aliphatic rings. The highest BCUT2D eigenvalue weighted by Crippen LogP contribution is 2.34. The second-order valence-corrected chi connectivity index (χ2v) is 5.62. The first-order valence-corrected chi connectivity index (χ1v) is 7.44. The van der Waals surface area contributed by atoms with Crippen LogP contribution in [-0.4, -0.2) is 32.1 Å². The molecule has 3 heterocycles. The zero-order valence-electron chi connectivity index (χ0n) is 13.1. The first-order valence-electron chi connectivity index (χ1n) is 7.44. The second kappa shape index (κ2) is 6.41.